The van der Waals surface area contributed by atoms with Crippen molar-refractivity contribution < 1.29 is 0 Å². The van der Waals surface area contributed by atoms with Crippen molar-refractivity contribution in [1.29, 1.82) is 0 Å². The van der Waals surface area contributed by atoms with Gasteiger partial charge in [-0.2, -0.15) is 0 Å². The summed E-state index contributed by atoms with van der Waals surface area (Å²) < 4.78 is 0.980. The number of benzene rings is 1. The fourth-order valence-corrected chi connectivity index (χ4v) is 3.15. The first kappa shape index (κ1) is 14.5. The third-order valence-corrected chi connectivity index (χ3v) is 4.50. The predicted octanol–water partition coefficient (Wildman–Crippen LogP) is 4.26. The van der Waals surface area contributed by atoms with Crippen molar-refractivity contribution in [3.63, 3.8) is 0 Å². The van der Waals surface area contributed by atoms with Gasteiger partial charge in [-0.05, 0) is 64.6 Å². The van der Waals surface area contributed by atoms with Crippen LogP contribution >= 0.6 is 27.7 Å². The quantitative estimate of drug-likeness (QED) is 0.754. The Morgan fingerprint density at radius 2 is 2.05 bits per heavy atom. The largest absolute Gasteiger partial charge is 0.316 e. The van der Waals surface area contributed by atoms with E-state index in [9.17, 15) is 0 Å². The van der Waals surface area contributed by atoms with Crippen LogP contribution in [0.2, 0.25) is 0 Å². The Bertz CT molecular complexity index is 759. The maximum Gasteiger partial charge on any atom is 0.107 e. The Kier molecular flexibility index (Phi) is 4.53. The summed E-state index contributed by atoms with van der Waals surface area (Å²) in [5.74, 6) is 0. The average molecular weight is 360 g/mol. The zero-order valence-corrected chi connectivity index (χ0v) is 13.9. The SMILES string of the molecule is CNCc1cc2ccccc2nc1Sc1ccc(Br)cn1. The van der Waals surface area contributed by atoms with Crippen LogP contribution < -0.4 is 5.32 Å². The Morgan fingerprint density at radius 3 is 2.81 bits per heavy atom. The molecule has 2 aromatic heterocycles. The lowest BCUT2D eigenvalue weighted by Gasteiger charge is -2.09. The van der Waals surface area contributed by atoms with E-state index in [0.717, 1.165) is 32.0 Å². The maximum atomic E-state index is 4.78. The smallest absolute Gasteiger partial charge is 0.107 e. The molecule has 1 N–H and O–H groups in total. The minimum Gasteiger partial charge on any atom is -0.316 e. The summed E-state index contributed by atoms with van der Waals surface area (Å²) in [6.45, 7) is 0.788. The van der Waals surface area contributed by atoms with Gasteiger partial charge in [-0.1, -0.05) is 18.2 Å². The molecule has 0 amide bonds. The highest BCUT2D eigenvalue weighted by Crippen LogP contribution is 2.30. The van der Waals surface area contributed by atoms with Gasteiger partial charge in [0, 0.05) is 22.6 Å². The number of fused-ring (bicyclic) bond motifs is 1. The fraction of sp³-hybridized carbons (Fsp3) is 0.125. The van der Waals surface area contributed by atoms with Gasteiger partial charge in [0.15, 0.2) is 0 Å². The minimum absolute atomic E-state index is 0.788. The summed E-state index contributed by atoms with van der Waals surface area (Å²) in [5, 5.41) is 6.31. The second-order valence-corrected chi connectivity index (χ2v) is 6.52. The first-order valence-corrected chi connectivity index (χ1v) is 8.20. The molecule has 0 spiro atoms. The Hall–Kier alpha value is -1.43. The molecule has 0 unspecified atom stereocenters. The van der Waals surface area contributed by atoms with Crippen molar-refractivity contribution in [1.82, 2.24) is 15.3 Å². The lowest BCUT2D eigenvalue weighted by atomic mass is 10.1. The number of nitrogens with one attached hydrogen (secondary N) is 1. The van der Waals surface area contributed by atoms with Crippen LogP contribution in [-0.2, 0) is 6.54 Å². The van der Waals surface area contributed by atoms with Gasteiger partial charge in [0.05, 0.1) is 5.52 Å². The lowest BCUT2D eigenvalue weighted by Crippen LogP contribution is -2.07. The number of para-hydroxylation sites is 1. The maximum absolute atomic E-state index is 4.78. The van der Waals surface area contributed by atoms with E-state index in [1.807, 2.05) is 37.4 Å². The van der Waals surface area contributed by atoms with Crippen LogP contribution in [0.15, 0.2) is 63.2 Å². The Balaban J connectivity index is 2.02. The second kappa shape index (κ2) is 6.56. The molecule has 5 heteroatoms. The number of pyridine rings is 2. The van der Waals surface area contributed by atoms with Crippen molar-refractivity contribution in [2.75, 3.05) is 7.05 Å². The topological polar surface area (TPSA) is 37.8 Å². The highest BCUT2D eigenvalue weighted by Gasteiger charge is 2.09. The highest BCUT2D eigenvalue weighted by atomic mass is 79.9. The van der Waals surface area contributed by atoms with E-state index in [2.05, 4.69) is 38.4 Å². The third kappa shape index (κ3) is 3.43. The number of rotatable bonds is 4. The fourth-order valence-electron chi connectivity index (χ4n) is 2.07. The molecule has 0 atom stereocenters. The lowest BCUT2D eigenvalue weighted by molar-refractivity contribution is 0.793. The Morgan fingerprint density at radius 1 is 1.19 bits per heavy atom. The van der Waals surface area contributed by atoms with Crippen LogP contribution in [-0.4, -0.2) is 17.0 Å². The number of hydrogen-bond acceptors (Lipinski definition) is 4. The summed E-state index contributed by atoms with van der Waals surface area (Å²) in [4.78, 5) is 9.19. The summed E-state index contributed by atoms with van der Waals surface area (Å²) in [6, 6.07) is 14.4. The molecule has 0 saturated heterocycles. The van der Waals surface area contributed by atoms with E-state index in [0.29, 0.717) is 0 Å². The molecule has 0 aliphatic rings. The molecule has 3 nitrogen and oxygen atoms in total. The van der Waals surface area contributed by atoms with Crippen molar-refractivity contribution in [2.45, 2.75) is 16.6 Å². The van der Waals surface area contributed by atoms with E-state index in [1.54, 1.807) is 18.0 Å². The summed E-state index contributed by atoms with van der Waals surface area (Å²) in [7, 11) is 1.95. The molecular formula is C16H14BrN3S. The van der Waals surface area contributed by atoms with Crippen LogP contribution in [0.5, 0.6) is 0 Å². The molecule has 0 saturated carbocycles. The third-order valence-electron chi connectivity index (χ3n) is 3.03. The van der Waals surface area contributed by atoms with Gasteiger partial charge in [-0.15, -0.1) is 0 Å². The van der Waals surface area contributed by atoms with E-state index >= 15 is 0 Å². The van der Waals surface area contributed by atoms with E-state index < -0.39 is 0 Å². The minimum atomic E-state index is 0.788. The van der Waals surface area contributed by atoms with Crippen LogP contribution in [0.3, 0.4) is 0 Å². The number of nitrogens with zero attached hydrogens (tertiary/aromatic N) is 2. The van der Waals surface area contributed by atoms with Crippen molar-refractivity contribution in [2.24, 2.45) is 0 Å². The molecule has 3 aromatic rings. The van der Waals surface area contributed by atoms with E-state index in [1.165, 1.54) is 5.56 Å². The molecule has 0 aliphatic carbocycles. The van der Waals surface area contributed by atoms with Gasteiger partial charge in [0.2, 0.25) is 0 Å². The normalized spacial score (nSPS) is 11.0. The first-order chi connectivity index (χ1) is 10.3. The van der Waals surface area contributed by atoms with Crippen molar-refractivity contribution in [3.8, 4) is 0 Å². The number of hydrogen-bond donors (Lipinski definition) is 1. The standard InChI is InChI=1S/C16H14BrN3S/c1-18-9-12-8-11-4-2-3-5-14(11)20-16(12)21-15-7-6-13(17)10-19-15/h2-8,10,18H,9H2,1H3. The van der Waals surface area contributed by atoms with Gasteiger partial charge >= 0.3 is 0 Å². The molecule has 106 valence electrons. The van der Waals surface area contributed by atoms with Gasteiger partial charge in [-0.3, -0.25) is 0 Å². The molecule has 2 heterocycles. The van der Waals surface area contributed by atoms with E-state index in [-0.39, 0.29) is 0 Å². The highest BCUT2D eigenvalue weighted by molar-refractivity contribution is 9.10. The number of aromatic nitrogens is 2. The molecule has 0 bridgehead atoms. The molecule has 3 rings (SSSR count). The van der Waals surface area contributed by atoms with Crippen molar-refractivity contribution >= 4 is 38.6 Å². The average Bonchev–Trinajstić information content (AvgIpc) is 2.50. The summed E-state index contributed by atoms with van der Waals surface area (Å²) in [6.07, 6.45) is 1.81. The number of halogens is 1. The van der Waals surface area contributed by atoms with Gasteiger partial charge in [-0.25, -0.2) is 9.97 Å². The monoisotopic (exact) mass is 359 g/mol. The second-order valence-electron chi connectivity index (χ2n) is 4.59. The van der Waals surface area contributed by atoms with Crippen LogP contribution in [0.1, 0.15) is 5.56 Å². The van der Waals surface area contributed by atoms with Crippen LogP contribution in [0.4, 0.5) is 0 Å². The predicted molar refractivity (Wildman–Crippen MR) is 90.6 cm³/mol. The summed E-state index contributed by atoms with van der Waals surface area (Å²) >= 11 is 5.00. The zero-order chi connectivity index (χ0) is 14.7. The van der Waals surface area contributed by atoms with Crippen LogP contribution in [0.25, 0.3) is 10.9 Å². The van der Waals surface area contributed by atoms with Gasteiger partial charge < -0.3 is 5.32 Å². The van der Waals surface area contributed by atoms with E-state index in [4.69, 9.17) is 4.98 Å². The molecule has 0 radical (unpaired) electrons. The van der Waals surface area contributed by atoms with Crippen molar-refractivity contribution in [3.05, 3.63) is 58.7 Å². The molecular weight excluding hydrogens is 346 g/mol. The molecule has 1 aromatic carbocycles. The van der Waals surface area contributed by atoms with Crippen LogP contribution in [0, 0.1) is 0 Å². The first-order valence-electron chi connectivity index (χ1n) is 6.59. The Labute approximate surface area is 136 Å². The molecule has 0 aliphatic heterocycles. The zero-order valence-electron chi connectivity index (χ0n) is 11.5. The molecule has 0 fully saturated rings. The van der Waals surface area contributed by atoms with Gasteiger partial charge in [0.1, 0.15) is 10.1 Å². The molecule has 21 heavy (non-hydrogen) atoms. The van der Waals surface area contributed by atoms with Gasteiger partial charge in [0.25, 0.3) is 0 Å². The summed E-state index contributed by atoms with van der Waals surface area (Å²) in [5.41, 5.74) is 2.20.